The Morgan fingerprint density at radius 2 is 2.42 bits per heavy atom. The van der Waals surface area contributed by atoms with Gasteiger partial charge in [-0.05, 0) is 32.4 Å². The number of alkyl carbamates (subject to hydrolysis) is 1. The van der Waals surface area contributed by atoms with Crippen molar-refractivity contribution in [2.75, 3.05) is 20.2 Å². The normalized spacial score (nSPS) is 19.5. The molecule has 0 aromatic heterocycles. The second-order valence-corrected chi connectivity index (χ2v) is 3.30. The summed E-state index contributed by atoms with van der Waals surface area (Å²) in [7, 11) is 1.38. The first-order valence-electron chi connectivity index (χ1n) is 4.27. The van der Waals surface area contributed by atoms with E-state index in [9.17, 15) is 4.79 Å². The molecule has 1 unspecified atom stereocenters. The van der Waals surface area contributed by atoms with Crippen LogP contribution in [-0.4, -0.2) is 32.3 Å². The molecule has 4 nitrogen and oxygen atoms in total. The third-order valence-corrected chi connectivity index (χ3v) is 2.10. The summed E-state index contributed by atoms with van der Waals surface area (Å²) in [5, 5.41) is 5.93. The molecule has 1 fully saturated rings. The number of amides is 1. The van der Waals surface area contributed by atoms with Crippen molar-refractivity contribution in [2.24, 2.45) is 5.92 Å². The summed E-state index contributed by atoms with van der Waals surface area (Å²) in [5.41, 5.74) is 0. The number of carbonyl (C=O) groups is 1. The summed E-state index contributed by atoms with van der Waals surface area (Å²) >= 11 is 0. The zero-order valence-corrected chi connectivity index (χ0v) is 7.59. The van der Waals surface area contributed by atoms with E-state index in [4.69, 9.17) is 0 Å². The Kier molecular flexibility index (Phi) is 3.34. The van der Waals surface area contributed by atoms with Crippen LogP contribution in [0.1, 0.15) is 13.3 Å². The van der Waals surface area contributed by atoms with Crippen LogP contribution in [0.4, 0.5) is 4.79 Å². The first-order chi connectivity index (χ1) is 5.72. The maximum absolute atomic E-state index is 10.8. The highest BCUT2D eigenvalue weighted by Crippen LogP contribution is 2.10. The van der Waals surface area contributed by atoms with E-state index in [0.717, 1.165) is 25.4 Å². The summed E-state index contributed by atoms with van der Waals surface area (Å²) in [6.45, 7) is 4.15. The van der Waals surface area contributed by atoms with E-state index < -0.39 is 0 Å². The summed E-state index contributed by atoms with van der Waals surface area (Å²) < 4.78 is 4.49. The summed E-state index contributed by atoms with van der Waals surface area (Å²) in [6.07, 6.45) is 0.692. The molecule has 0 aromatic carbocycles. The number of nitrogens with one attached hydrogen (secondary N) is 2. The predicted octanol–water partition coefficient (Wildman–Crippen LogP) is 0.340. The van der Waals surface area contributed by atoms with Gasteiger partial charge in [0, 0.05) is 6.04 Å². The molecule has 1 aliphatic rings. The Labute approximate surface area is 72.7 Å². The van der Waals surface area contributed by atoms with Crippen LogP contribution in [0.3, 0.4) is 0 Å². The molecule has 0 radical (unpaired) electrons. The fraction of sp³-hybridized carbons (Fsp3) is 0.875. The van der Waals surface area contributed by atoms with Crippen LogP contribution in [0.2, 0.25) is 0 Å². The maximum atomic E-state index is 10.8. The third kappa shape index (κ3) is 2.70. The third-order valence-electron chi connectivity index (χ3n) is 2.10. The Morgan fingerprint density at radius 3 is 2.83 bits per heavy atom. The average molecular weight is 172 g/mol. The van der Waals surface area contributed by atoms with Gasteiger partial charge < -0.3 is 15.4 Å². The molecule has 1 atom stereocenters. The van der Waals surface area contributed by atoms with Gasteiger partial charge in [-0.25, -0.2) is 4.79 Å². The topological polar surface area (TPSA) is 50.4 Å². The van der Waals surface area contributed by atoms with Gasteiger partial charge in [-0.1, -0.05) is 0 Å². The SMILES string of the molecule is COC(=O)NC(C)CC1CNC1. The lowest BCUT2D eigenvalue weighted by atomic mass is 9.95. The molecular weight excluding hydrogens is 156 g/mol. The molecule has 1 rings (SSSR count). The molecular formula is C8H16N2O2. The smallest absolute Gasteiger partial charge is 0.407 e. The van der Waals surface area contributed by atoms with E-state index in [1.165, 1.54) is 7.11 Å². The molecule has 1 saturated heterocycles. The van der Waals surface area contributed by atoms with E-state index in [2.05, 4.69) is 15.4 Å². The molecule has 0 aromatic rings. The summed E-state index contributed by atoms with van der Waals surface area (Å²) in [5.74, 6) is 0.720. The van der Waals surface area contributed by atoms with Crippen LogP contribution in [0, 0.1) is 5.92 Å². The van der Waals surface area contributed by atoms with E-state index >= 15 is 0 Å². The molecule has 4 heteroatoms. The number of methoxy groups -OCH3 is 1. The molecule has 0 aliphatic carbocycles. The van der Waals surface area contributed by atoms with Gasteiger partial charge in [0.1, 0.15) is 0 Å². The number of ether oxygens (including phenoxy) is 1. The van der Waals surface area contributed by atoms with E-state index in [1.807, 2.05) is 6.92 Å². The molecule has 2 N–H and O–H groups in total. The van der Waals surface area contributed by atoms with Crippen molar-refractivity contribution < 1.29 is 9.53 Å². The molecule has 0 spiro atoms. The minimum Gasteiger partial charge on any atom is -0.453 e. The van der Waals surface area contributed by atoms with Crippen molar-refractivity contribution in [3.05, 3.63) is 0 Å². The highest BCUT2D eigenvalue weighted by atomic mass is 16.5. The standard InChI is InChI=1S/C8H16N2O2/c1-6(10-8(11)12-2)3-7-4-9-5-7/h6-7,9H,3-5H2,1-2H3,(H,10,11). The Morgan fingerprint density at radius 1 is 1.75 bits per heavy atom. The Bertz CT molecular complexity index is 157. The zero-order valence-electron chi connectivity index (χ0n) is 7.59. The molecule has 12 heavy (non-hydrogen) atoms. The van der Waals surface area contributed by atoms with Crippen LogP contribution in [0.25, 0.3) is 0 Å². The molecule has 1 amide bonds. The highest BCUT2D eigenvalue weighted by Gasteiger charge is 2.20. The minimum absolute atomic E-state index is 0.213. The number of rotatable bonds is 3. The van der Waals surface area contributed by atoms with Crippen LogP contribution < -0.4 is 10.6 Å². The van der Waals surface area contributed by atoms with Gasteiger partial charge in [0.25, 0.3) is 0 Å². The van der Waals surface area contributed by atoms with Crippen molar-refractivity contribution in [1.29, 1.82) is 0 Å². The molecule has 1 heterocycles. The first-order valence-corrected chi connectivity index (χ1v) is 4.27. The number of hydrogen-bond donors (Lipinski definition) is 2. The number of carbonyl (C=O) groups excluding carboxylic acids is 1. The zero-order chi connectivity index (χ0) is 8.97. The second kappa shape index (κ2) is 4.30. The molecule has 0 bridgehead atoms. The van der Waals surface area contributed by atoms with Crippen molar-refractivity contribution in [3.63, 3.8) is 0 Å². The monoisotopic (exact) mass is 172 g/mol. The maximum Gasteiger partial charge on any atom is 0.407 e. The van der Waals surface area contributed by atoms with Crippen LogP contribution in [0.5, 0.6) is 0 Å². The summed E-state index contributed by atoms with van der Waals surface area (Å²) in [6, 6.07) is 0.213. The molecule has 0 saturated carbocycles. The first kappa shape index (κ1) is 9.32. The lowest BCUT2D eigenvalue weighted by Crippen LogP contribution is -2.46. The average Bonchev–Trinajstić information content (AvgIpc) is 1.97. The minimum atomic E-state index is -0.338. The van der Waals surface area contributed by atoms with Gasteiger partial charge in [-0.2, -0.15) is 0 Å². The van der Waals surface area contributed by atoms with Gasteiger partial charge in [-0.3, -0.25) is 0 Å². The fourth-order valence-corrected chi connectivity index (χ4v) is 1.33. The van der Waals surface area contributed by atoms with Crippen molar-refractivity contribution in [2.45, 2.75) is 19.4 Å². The van der Waals surface area contributed by atoms with E-state index in [0.29, 0.717) is 0 Å². The van der Waals surface area contributed by atoms with Crippen LogP contribution >= 0.6 is 0 Å². The van der Waals surface area contributed by atoms with Crippen molar-refractivity contribution in [1.82, 2.24) is 10.6 Å². The second-order valence-electron chi connectivity index (χ2n) is 3.30. The van der Waals surface area contributed by atoms with Crippen LogP contribution in [0.15, 0.2) is 0 Å². The highest BCUT2D eigenvalue weighted by molar-refractivity contribution is 5.67. The predicted molar refractivity (Wildman–Crippen MR) is 46.0 cm³/mol. The van der Waals surface area contributed by atoms with Crippen molar-refractivity contribution in [3.8, 4) is 0 Å². The lowest BCUT2D eigenvalue weighted by molar-refractivity contribution is 0.164. The van der Waals surface area contributed by atoms with Crippen LogP contribution in [-0.2, 0) is 4.74 Å². The Balaban J connectivity index is 2.10. The lowest BCUT2D eigenvalue weighted by Gasteiger charge is -2.29. The van der Waals surface area contributed by atoms with Gasteiger partial charge in [-0.15, -0.1) is 0 Å². The summed E-state index contributed by atoms with van der Waals surface area (Å²) in [4.78, 5) is 10.8. The van der Waals surface area contributed by atoms with Gasteiger partial charge >= 0.3 is 6.09 Å². The largest absolute Gasteiger partial charge is 0.453 e. The van der Waals surface area contributed by atoms with Gasteiger partial charge in [0.05, 0.1) is 7.11 Å². The Hall–Kier alpha value is -0.770. The quantitative estimate of drug-likeness (QED) is 0.645. The van der Waals surface area contributed by atoms with Crippen molar-refractivity contribution >= 4 is 6.09 Å². The van der Waals surface area contributed by atoms with Gasteiger partial charge in [0.15, 0.2) is 0 Å². The van der Waals surface area contributed by atoms with Gasteiger partial charge in [0.2, 0.25) is 0 Å². The number of hydrogen-bond acceptors (Lipinski definition) is 3. The molecule has 70 valence electrons. The van der Waals surface area contributed by atoms with E-state index in [1.54, 1.807) is 0 Å². The fourth-order valence-electron chi connectivity index (χ4n) is 1.33. The van der Waals surface area contributed by atoms with E-state index in [-0.39, 0.29) is 12.1 Å². The molecule has 1 aliphatic heterocycles.